The summed E-state index contributed by atoms with van der Waals surface area (Å²) >= 11 is 0. The lowest BCUT2D eigenvalue weighted by Crippen LogP contribution is -2.11. The van der Waals surface area contributed by atoms with Gasteiger partial charge in [-0.1, -0.05) is 0 Å². The number of rotatable bonds is 4. The first-order chi connectivity index (χ1) is 13.4. The van der Waals surface area contributed by atoms with Crippen LogP contribution in [0.15, 0.2) is 30.5 Å². The lowest BCUT2D eigenvalue weighted by molar-refractivity contribution is -0.136. The number of imidazole rings is 1. The van der Waals surface area contributed by atoms with Crippen LogP contribution in [0.5, 0.6) is 0 Å². The summed E-state index contributed by atoms with van der Waals surface area (Å²) < 4.78 is 41.3. The summed E-state index contributed by atoms with van der Waals surface area (Å²) in [5.74, 6) is 0.0886. The summed E-state index contributed by atoms with van der Waals surface area (Å²) in [5, 5.41) is 28.3. The molecule has 1 aliphatic carbocycles. The first-order valence-corrected chi connectivity index (χ1v) is 8.33. The van der Waals surface area contributed by atoms with Gasteiger partial charge in [0, 0.05) is 12.1 Å². The Labute approximate surface area is 157 Å². The molecule has 7 nitrogen and oxygen atoms in total. The number of nitrogens with one attached hydrogen (secondary N) is 2. The quantitative estimate of drug-likeness (QED) is 0.710. The molecule has 1 aliphatic rings. The number of hydrogen-bond acceptors (Lipinski definition) is 6. The largest absolute Gasteiger partial charge is 0.418 e. The van der Waals surface area contributed by atoms with Crippen molar-refractivity contribution in [1.82, 2.24) is 14.6 Å². The summed E-state index contributed by atoms with van der Waals surface area (Å²) in [4.78, 5) is 4.17. The van der Waals surface area contributed by atoms with Crippen LogP contribution in [0.2, 0.25) is 0 Å². The minimum absolute atomic E-state index is 0.0771. The molecule has 10 heteroatoms. The van der Waals surface area contributed by atoms with Crippen molar-refractivity contribution in [3.8, 4) is 12.1 Å². The molecule has 28 heavy (non-hydrogen) atoms. The molecule has 2 N–H and O–H groups in total. The van der Waals surface area contributed by atoms with E-state index in [4.69, 9.17) is 5.26 Å². The van der Waals surface area contributed by atoms with Crippen LogP contribution in [0.3, 0.4) is 0 Å². The van der Waals surface area contributed by atoms with Gasteiger partial charge in [0.15, 0.2) is 17.2 Å². The normalized spacial score (nSPS) is 13.8. The average Bonchev–Trinajstić information content (AvgIpc) is 3.37. The number of nitriles is 2. The highest BCUT2D eigenvalue weighted by Gasteiger charge is 2.34. The van der Waals surface area contributed by atoms with Gasteiger partial charge in [-0.15, -0.1) is 5.10 Å². The lowest BCUT2D eigenvalue weighted by Gasteiger charge is -2.15. The van der Waals surface area contributed by atoms with Crippen molar-refractivity contribution in [1.29, 1.82) is 10.5 Å². The zero-order chi connectivity index (χ0) is 19.9. The number of benzene rings is 1. The van der Waals surface area contributed by atoms with E-state index in [0.29, 0.717) is 11.3 Å². The minimum atomic E-state index is -4.61. The van der Waals surface area contributed by atoms with E-state index >= 15 is 0 Å². The van der Waals surface area contributed by atoms with E-state index in [1.165, 1.54) is 10.7 Å². The molecule has 0 atom stereocenters. The van der Waals surface area contributed by atoms with Gasteiger partial charge >= 0.3 is 6.18 Å². The summed E-state index contributed by atoms with van der Waals surface area (Å²) in [5.41, 5.74) is -0.0134. The number of aromatic nitrogens is 3. The second-order valence-electron chi connectivity index (χ2n) is 6.35. The monoisotopic (exact) mass is 383 g/mol. The van der Waals surface area contributed by atoms with Crippen LogP contribution in [-0.4, -0.2) is 20.6 Å². The van der Waals surface area contributed by atoms with Crippen LogP contribution < -0.4 is 10.6 Å². The highest BCUT2D eigenvalue weighted by atomic mass is 19.4. The molecule has 4 rings (SSSR count). The fourth-order valence-corrected chi connectivity index (χ4v) is 2.76. The van der Waals surface area contributed by atoms with Crippen molar-refractivity contribution in [2.24, 2.45) is 0 Å². The molecule has 1 saturated carbocycles. The van der Waals surface area contributed by atoms with E-state index in [9.17, 15) is 18.4 Å². The molecule has 0 aliphatic heterocycles. The molecule has 1 aromatic carbocycles. The van der Waals surface area contributed by atoms with Gasteiger partial charge in [-0.05, 0) is 31.0 Å². The fourth-order valence-electron chi connectivity index (χ4n) is 2.76. The number of fused-ring (bicyclic) bond motifs is 1. The van der Waals surface area contributed by atoms with Gasteiger partial charge in [0.05, 0.1) is 34.8 Å². The molecule has 2 aromatic heterocycles. The maximum atomic E-state index is 13.4. The Hall–Kier alpha value is -3.79. The molecule has 2 heterocycles. The number of halogens is 3. The lowest BCUT2D eigenvalue weighted by atomic mass is 10.1. The molecule has 0 saturated heterocycles. The van der Waals surface area contributed by atoms with Gasteiger partial charge in [0.2, 0.25) is 0 Å². The zero-order valence-corrected chi connectivity index (χ0v) is 14.2. The van der Waals surface area contributed by atoms with Crippen LogP contribution >= 0.6 is 0 Å². The van der Waals surface area contributed by atoms with E-state index in [-0.39, 0.29) is 28.8 Å². The number of anilines is 3. The molecule has 0 bridgehead atoms. The first-order valence-electron chi connectivity index (χ1n) is 8.33. The van der Waals surface area contributed by atoms with E-state index in [1.807, 2.05) is 12.1 Å². The van der Waals surface area contributed by atoms with Crippen LogP contribution in [0, 0.1) is 22.7 Å². The van der Waals surface area contributed by atoms with Gasteiger partial charge < -0.3 is 10.6 Å². The van der Waals surface area contributed by atoms with Gasteiger partial charge in [-0.3, -0.25) is 0 Å². The molecular formula is C18H12F3N7. The average molecular weight is 383 g/mol. The van der Waals surface area contributed by atoms with Crippen molar-refractivity contribution >= 4 is 22.8 Å². The number of hydrogen-bond donors (Lipinski definition) is 2. The number of alkyl halides is 3. The Kier molecular flexibility index (Phi) is 4.04. The maximum absolute atomic E-state index is 13.4. The maximum Gasteiger partial charge on any atom is 0.418 e. The molecule has 0 unspecified atom stereocenters. The Bertz CT molecular complexity index is 1150. The molecule has 140 valence electrons. The Morgan fingerprint density at radius 1 is 1.11 bits per heavy atom. The van der Waals surface area contributed by atoms with Crippen molar-refractivity contribution < 1.29 is 13.2 Å². The predicted octanol–water partition coefficient (Wildman–Crippen LogP) is 3.81. The molecule has 0 radical (unpaired) electrons. The summed E-state index contributed by atoms with van der Waals surface area (Å²) in [6.07, 6.45) is -1.30. The molecule has 1 fully saturated rings. The van der Waals surface area contributed by atoms with E-state index < -0.39 is 11.7 Å². The Morgan fingerprint density at radius 3 is 2.54 bits per heavy atom. The van der Waals surface area contributed by atoms with Crippen molar-refractivity contribution in [2.45, 2.75) is 25.1 Å². The van der Waals surface area contributed by atoms with Crippen LogP contribution in [0.1, 0.15) is 29.7 Å². The topological polar surface area (TPSA) is 102 Å². The van der Waals surface area contributed by atoms with E-state index in [2.05, 4.69) is 20.7 Å². The summed E-state index contributed by atoms with van der Waals surface area (Å²) in [6.45, 7) is 0. The Balaban J connectivity index is 1.82. The SMILES string of the molecule is N#Cc1ccc(C(F)(F)F)c(Nc2cc(NC3CC3)c3ncc(C#N)n3n2)c1. The van der Waals surface area contributed by atoms with Crippen LogP contribution in [-0.2, 0) is 6.18 Å². The number of nitrogens with zero attached hydrogens (tertiary/aromatic N) is 5. The second-order valence-corrected chi connectivity index (χ2v) is 6.35. The molecular weight excluding hydrogens is 371 g/mol. The molecule has 0 spiro atoms. The van der Waals surface area contributed by atoms with Crippen molar-refractivity contribution in [2.75, 3.05) is 10.6 Å². The Morgan fingerprint density at radius 2 is 1.89 bits per heavy atom. The van der Waals surface area contributed by atoms with Crippen molar-refractivity contribution in [3.05, 3.63) is 47.3 Å². The highest BCUT2D eigenvalue weighted by Crippen LogP contribution is 2.37. The third-order valence-corrected chi connectivity index (χ3v) is 4.24. The third kappa shape index (κ3) is 3.28. The van der Waals surface area contributed by atoms with Gasteiger partial charge in [-0.25, -0.2) is 4.98 Å². The first kappa shape index (κ1) is 17.6. The van der Waals surface area contributed by atoms with Crippen LogP contribution in [0.25, 0.3) is 5.65 Å². The fraction of sp³-hybridized carbons (Fsp3) is 0.222. The van der Waals surface area contributed by atoms with E-state index in [0.717, 1.165) is 31.0 Å². The highest BCUT2D eigenvalue weighted by molar-refractivity contribution is 5.74. The minimum Gasteiger partial charge on any atom is -0.379 e. The van der Waals surface area contributed by atoms with Crippen molar-refractivity contribution in [3.63, 3.8) is 0 Å². The second kappa shape index (κ2) is 6.43. The third-order valence-electron chi connectivity index (χ3n) is 4.24. The zero-order valence-electron chi connectivity index (χ0n) is 14.2. The van der Waals surface area contributed by atoms with Crippen LogP contribution in [0.4, 0.5) is 30.4 Å². The smallest absolute Gasteiger partial charge is 0.379 e. The van der Waals surface area contributed by atoms with Gasteiger partial charge in [0.1, 0.15) is 6.07 Å². The summed E-state index contributed by atoms with van der Waals surface area (Å²) in [7, 11) is 0. The van der Waals surface area contributed by atoms with Gasteiger partial charge in [-0.2, -0.15) is 28.2 Å². The standard InChI is InChI=1S/C18H12F3N7/c19-18(20,21)13-4-1-10(7-22)5-14(13)26-16-6-15(25-11-2-3-11)17-24-9-12(8-23)28(17)27-16/h1,4-6,9,11,25H,2-3H2,(H,26,27). The van der Waals surface area contributed by atoms with E-state index in [1.54, 1.807) is 6.07 Å². The van der Waals surface area contributed by atoms with Gasteiger partial charge in [0.25, 0.3) is 0 Å². The molecule has 0 amide bonds. The summed E-state index contributed by atoms with van der Waals surface area (Å²) in [6, 6.07) is 8.64. The predicted molar refractivity (Wildman–Crippen MR) is 93.8 cm³/mol. The molecule has 3 aromatic rings.